The summed E-state index contributed by atoms with van der Waals surface area (Å²) in [6.45, 7) is 0. The Balaban J connectivity index is 1.83. The van der Waals surface area contributed by atoms with Crippen molar-refractivity contribution < 1.29 is 7.58 Å². The molecular weight excluding hydrogens is 295 g/mol. The Morgan fingerprint density at radius 3 is 1.68 bits per heavy atom. The average Bonchev–Trinajstić information content (AvgIpc) is 2.52. The van der Waals surface area contributed by atoms with E-state index in [0.29, 0.717) is 41.0 Å². The van der Waals surface area contributed by atoms with Gasteiger partial charge in [-0.1, -0.05) is 0 Å². The van der Waals surface area contributed by atoms with Crippen molar-refractivity contribution in [1.82, 2.24) is 0 Å². The van der Waals surface area contributed by atoms with Gasteiger partial charge in [-0.3, -0.25) is 0 Å². The predicted molar refractivity (Wildman–Crippen MR) is 88.4 cm³/mol. The van der Waals surface area contributed by atoms with Gasteiger partial charge in [-0.15, -0.1) is 0 Å². The Morgan fingerprint density at radius 1 is 0.773 bits per heavy atom. The maximum atomic E-state index is 5.88. The maximum absolute atomic E-state index is 5.88. The SMILES string of the molecule is Nc1ccccc1N=C1CC(=Nc2ccccc2N)[O][Al+][O]1. The van der Waals surface area contributed by atoms with Crippen molar-refractivity contribution in [2.24, 2.45) is 9.98 Å². The van der Waals surface area contributed by atoms with Crippen LogP contribution in [0, 0.1) is 0 Å². The van der Waals surface area contributed by atoms with Gasteiger partial charge in [-0.05, 0) is 0 Å². The summed E-state index contributed by atoms with van der Waals surface area (Å²) in [4.78, 5) is 8.86. The van der Waals surface area contributed by atoms with Gasteiger partial charge in [0, 0.05) is 0 Å². The molecule has 0 radical (unpaired) electrons. The van der Waals surface area contributed by atoms with E-state index in [0.717, 1.165) is 0 Å². The zero-order valence-electron chi connectivity index (χ0n) is 11.8. The van der Waals surface area contributed by atoms with E-state index in [1.807, 2.05) is 36.4 Å². The van der Waals surface area contributed by atoms with Gasteiger partial charge in [-0.25, -0.2) is 0 Å². The Morgan fingerprint density at radius 2 is 1.23 bits per heavy atom. The van der Waals surface area contributed by atoms with Crippen LogP contribution in [0.5, 0.6) is 0 Å². The minimum absolute atomic E-state index is 0.371. The van der Waals surface area contributed by atoms with Gasteiger partial charge in [0.25, 0.3) is 0 Å². The number of nitrogens with two attached hydrogens (primary N) is 2. The van der Waals surface area contributed by atoms with E-state index in [4.69, 9.17) is 19.0 Å². The number of nitrogen functional groups attached to an aromatic ring is 2. The zero-order chi connectivity index (χ0) is 15.4. The number of para-hydroxylation sites is 4. The first-order chi connectivity index (χ1) is 10.7. The Kier molecular flexibility index (Phi) is 4.28. The normalized spacial score (nSPS) is 17.3. The van der Waals surface area contributed by atoms with Crippen molar-refractivity contribution in [2.45, 2.75) is 6.42 Å². The molecule has 1 heterocycles. The van der Waals surface area contributed by atoms with Crippen LogP contribution in [-0.4, -0.2) is 27.7 Å². The molecule has 1 fully saturated rings. The van der Waals surface area contributed by atoms with Crippen molar-refractivity contribution in [3.8, 4) is 0 Å². The number of rotatable bonds is 2. The van der Waals surface area contributed by atoms with Gasteiger partial charge in [0.1, 0.15) is 0 Å². The molecule has 0 aliphatic carbocycles. The van der Waals surface area contributed by atoms with E-state index < -0.39 is 15.9 Å². The van der Waals surface area contributed by atoms with Crippen LogP contribution in [0.1, 0.15) is 6.42 Å². The molecule has 0 spiro atoms. The van der Waals surface area contributed by atoms with Crippen LogP contribution >= 0.6 is 0 Å². The van der Waals surface area contributed by atoms with Gasteiger partial charge in [0.2, 0.25) is 0 Å². The molecule has 3 rings (SSSR count). The predicted octanol–water partition coefficient (Wildman–Crippen LogP) is 2.58. The third-order valence-corrected chi connectivity index (χ3v) is 3.77. The molecule has 0 saturated carbocycles. The number of anilines is 2. The van der Waals surface area contributed by atoms with Gasteiger partial charge >= 0.3 is 134 Å². The Hall–Kier alpha value is -2.49. The van der Waals surface area contributed by atoms with Gasteiger partial charge in [0.05, 0.1) is 0 Å². The van der Waals surface area contributed by atoms with Crippen LogP contribution in [0.25, 0.3) is 0 Å². The molecule has 4 N–H and O–H groups in total. The fraction of sp³-hybridized carbons (Fsp3) is 0.0667. The van der Waals surface area contributed by atoms with Crippen molar-refractivity contribution >= 4 is 50.4 Å². The average molecular weight is 309 g/mol. The minimum atomic E-state index is -0.685. The molecule has 2 aromatic carbocycles. The molecule has 0 atom stereocenters. The first-order valence-corrected chi connectivity index (χ1v) is 7.66. The van der Waals surface area contributed by atoms with Crippen LogP contribution in [0.15, 0.2) is 58.5 Å². The molecular formula is C15H14AlN4O2+. The number of aliphatic imine (C=N–C) groups is 2. The first-order valence-electron chi connectivity index (χ1n) is 6.71. The van der Waals surface area contributed by atoms with E-state index in [-0.39, 0.29) is 0 Å². The van der Waals surface area contributed by atoms with Gasteiger partial charge in [-0.2, -0.15) is 0 Å². The summed E-state index contributed by atoms with van der Waals surface area (Å²) in [5.74, 6) is 1.10. The van der Waals surface area contributed by atoms with Crippen molar-refractivity contribution in [3.63, 3.8) is 0 Å². The summed E-state index contributed by atoms with van der Waals surface area (Å²) in [6.07, 6.45) is 0.371. The van der Waals surface area contributed by atoms with Crippen molar-refractivity contribution in [2.75, 3.05) is 11.5 Å². The fourth-order valence-corrected chi connectivity index (χ4v) is 2.47. The van der Waals surface area contributed by atoms with Crippen LogP contribution in [0.4, 0.5) is 22.7 Å². The molecule has 7 heteroatoms. The second-order valence-corrected chi connectivity index (χ2v) is 5.30. The molecule has 6 nitrogen and oxygen atoms in total. The monoisotopic (exact) mass is 309 g/mol. The fourth-order valence-electron chi connectivity index (χ4n) is 1.93. The van der Waals surface area contributed by atoms with Crippen LogP contribution in [0.3, 0.4) is 0 Å². The van der Waals surface area contributed by atoms with E-state index in [9.17, 15) is 0 Å². The third kappa shape index (κ3) is 3.39. The Labute approximate surface area is 134 Å². The van der Waals surface area contributed by atoms with E-state index in [2.05, 4.69) is 9.98 Å². The second kappa shape index (κ2) is 6.52. The number of hydrogen-bond acceptors (Lipinski definition) is 6. The van der Waals surface area contributed by atoms with Crippen LogP contribution < -0.4 is 11.5 Å². The van der Waals surface area contributed by atoms with Gasteiger partial charge in [0.15, 0.2) is 0 Å². The molecule has 0 amide bonds. The van der Waals surface area contributed by atoms with E-state index in [1.54, 1.807) is 12.1 Å². The van der Waals surface area contributed by atoms with Crippen molar-refractivity contribution in [3.05, 3.63) is 48.5 Å². The molecule has 1 aliphatic rings. The molecule has 0 unspecified atom stereocenters. The molecule has 1 aliphatic heterocycles. The summed E-state index contributed by atoms with van der Waals surface area (Å²) >= 11 is -0.685. The molecule has 1 saturated heterocycles. The molecule has 2 aromatic rings. The summed E-state index contributed by atoms with van der Waals surface area (Å²) in [6, 6.07) is 14.7. The molecule has 22 heavy (non-hydrogen) atoms. The third-order valence-electron chi connectivity index (χ3n) is 3.03. The van der Waals surface area contributed by atoms with E-state index >= 15 is 0 Å². The van der Waals surface area contributed by atoms with Crippen LogP contribution in [0.2, 0.25) is 0 Å². The summed E-state index contributed by atoms with van der Waals surface area (Å²) in [5.41, 5.74) is 14.3. The molecule has 0 bridgehead atoms. The Bertz CT molecular complexity index is 684. The van der Waals surface area contributed by atoms with Gasteiger partial charge < -0.3 is 0 Å². The quantitative estimate of drug-likeness (QED) is 0.658. The summed E-state index contributed by atoms with van der Waals surface area (Å²) in [5, 5.41) is 0. The molecule has 108 valence electrons. The number of hydrogen-bond donors (Lipinski definition) is 2. The standard InChI is InChI=1S/C15H16N4O2.Al/c16-10-5-1-3-7-12(10)18-14(20)9-15(21)19-13-8-4-2-6-11(13)17;/h1-8H,9,16-17H2,(H,18,20)(H,19,21);/q;+3/p-2. The topological polar surface area (TPSA) is 95.2 Å². The van der Waals surface area contributed by atoms with E-state index in [1.165, 1.54) is 0 Å². The van der Waals surface area contributed by atoms with Crippen LogP contribution in [-0.2, 0) is 7.58 Å². The first kappa shape index (κ1) is 14.4. The van der Waals surface area contributed by atoms with Crippen molar-refractivity contribution in [1.29, 1.82) is 0 Å². The second-order valence-electron chi connectivity index (χ2n) is 4.64. The number of benzene rings is 2. The number of nitrogens with zero attached hydrogens (tertiary/aromatic N) is 2. The zero-order valence-corrected chi connectivity index (χ0v) is 12.9. The summed E-state index contributed by atoms with van der Waals surface area (Å²) in [7, 11) is 0. The summed E-state index contributed by atoms with van der Waals surface area (Å²) < 4.78 is 11.0. The molecule has 0 aromatic heterocycles.